The molecule has 0 bridgehead atoms. The maximum atomic E-state index is 5.91. The average Bonchev–Trinajstić information content (AvgIpc) is 2.52. The standard InChI is InChI=1S/C18H16ClNO2/c1-13-8-9-14-4-2-7-17(18(14)20-13)22-11-10-21-16-6-3-5-15(19)12-16/h2-9,12H,10-11H2,1H3. The first-order valence-electron chi connectivity index (χ1n) is 7.10. The predicted molar refractivity (Wildman–Crippen MR) is 88.9 cm³/mol. The van der Waals surface area contributed by atoms with Gasteiger partial charge in [-0.05, 0) is 37.3 Å². The van der Waals surface area contributed by atoms with E-state index in [1.807, 2.05) is 55.5 Å². The number of aryl methyl sites for hydroxylation is 1. The molecule has 1 aromatic heterocycles. The monoisotopic (exact) mass is 313 g/mol. The van der Waals surface area contributed by atoms with E-state index in [0.717, 1.165) is 28.1 Å². The van der Waals surface area contributed by atoms with E-state index < -0.39 is 0 Å². The molecular weight excluding hydrogens is 298 g/mol. The summed E-state index contributed by atoms with van der Waals surface area (Å²) < 4.78 is 11.4. The van der Waals surface area contributed by atoms with Crippen LogP contribution in [0, 0.1) is 6.92 Å². The average molecular weight is 314 g/mol. The van der Waals surface area contributed by atoms with Gasteiger partial charge in [0.1, 0.15) is 30.2 Å². The Morgan fingerprint density at radius 2 is 1.77 bits per heavy atom. The molecule has 2 aromatic carbocycles. The van der Waals surface area contributed by atoms with Gasteiger partial charge in [0.2, 0.25) is 0 Å². The van der Waals surface area contributed by atoms with Gasteiger partial charge in [-0.2, -0.15) is 0 Å². The summed E-state index contributed by atoms with van der Waals surface area (Å²) in [6.07, 6.45) is 0. The number of aromatic nitrogens is 1. The minimum Gasteiger partial charge on any atom is -0.490 e. The summed E-state index contributed by atoms with van der Waals surface area (Å²) in [6.45, 7) is 2.86. The van der Waals surface area contributed by atoms with E-state index >= 15 is 0 Å². The minimum atomic E-state index is 0.446. The van der Waals surface area contributed by atoms with E-state index in [1.165, 1.54) is 0 Å². The number of halogens is 1. The van der Waals surface area contributed by atoms with Gasteiger partial charge in [-0.1, -0.05) is 35.9 Å². The fourth-order valence-corrected chi connectivity index (χ4v) is 2.38. The van der Waals surface area contributed by atoms with Crippen molar-refractivity contribution in [3.63, 3.8) is 0 Å². The summed E-state index contributed by atoms with van der Waals surface area (Å²) in [6, 6.07) is 17.3. The zero-order valence-corrected chi connectivity index (χ0v) is 13.0. The van der Waals surface area contributed by atoms with E-state index in [-0.39, 0.29) is 0 Å². The fraction of sp³-hybridized carbons (Fsp3) is 0.167. The van der Waals surface area contributed by atoms with Crippen LogP contribution < -0.4 is 9.47 Å². The lowest BCUT2D eigenvalue weighted by atomic mass is 10.2. The lowest BCUT2D eigenvalue weighted by Gasteiger charge is -2.10. The molecule has 112 valence electrons. The van der Waals surface area contributed by atoms with Crippen LogP contribution in [0.5, 0.6) is 11.5 Å². The Bertz CT molecular complexity index is 789. The Balaban J connectivity index is 1.63. The molecule has 0 aliphatic heterocycles. The molecule has 1 heterocycles. The van der Waals surface area contributed by atoms with Crippen LogP contribution in [0.25, 0.3) is 10.9 Å². The fourth-order valence-electron chi connectivity index (χ4n) is 2.20. The van der Waals surface area contributed by atoms with Gasteiger partial charge >= 0.3 is 0 Å². The molecule has 0 saturated heterocycles. The molecule has 0 N–H and O–H groups in total. The highest BCUT2D eigenvalue weighted by Crippen LogP contribution is 2.24. The molecule has 3 aromatic rings. The maximum Gasteiger partial charge on any atom is 0.145 e. The maximum absolute atomic E-state index is 5.91. The number of hydrogen-bond donors (Lipinski definition) is 0. The second-order valence-electron chi connectivity index (χ2n) is 4.93. The zero-order chi connectivity index (χ0) is 15.4. The van der Waals surface area contributed by atoms with Crippen LogP contribution in [-0.4, -0.2) is 18.2 Å². The molecule has 3 nitrogen and oxygen atoms in total. The van der Waals surface area contributed by atoms with Gasteiger partial charge < -0.3 is 9.47 Å². The Hall–Kier alpha value is -2.26. The van der Waals surface area contributed by atoms with Crippen molar-refractivity contribution >= 4 is 22.5 Å². The third-order valence-electron chi connectivity index (χ3n) is 3.23. The van der Waals surface area contributed by atoms with Crippen molar-refractivity contribution in [2.75, 3.05) is 13.2 Å². The van der Waals surface area contributed by atoms with E-state index in [1.54, 1.807) is 6.07 Å². The Kier molecular flexibility index (Phi) is 4.45. The highest BCUT2D eigenvalue weighted by molar-refractivity contribution is 6.30. The molecule has 4 heteroatoms. The molecule has 0 spiro atoms. The molecule has 0 unspecified atom stereocenters. The highest BCUT2D eigenvalue weighted by Gasteiger charge is 2.04. The summed E-state index contributed by atoms with van der Waals surface area (Å²) in [7, 11) is 0. The third-order valence-corrected chi connectivity index (χ3v) is 3.46. The second kappa shape index (κ2) is 6.67. The first-order chi connectivity index (χ1) is 10.7. The SMILES string of the molecule is Cc1ccc2cccc(OCCOc3cccc(Cl)c3)c2n1. The minimum absolute atomic E-state index is 0.446. The van der Waals surface area contributed by atoms with Crippen molar-refractivity contribution in [2.24, 2.45) is 0 Å². The predicted octanol–water partition coefficient (Wildman–Crippen LogP) is 4.65. The van der Waals surface area contributed by atoms with Gasteiger partial charge in [-0.3, -0.25) is 0 Å². The van der Waals surface area contributed by atoms with Crippen LogP contribution >= 0.6 is 11.6 Å². The molecule has 0 radical (unpaired) electrons. The summed E-state index contributed by atoms with van der Waals surface area (Å²) in [5.41, 5.74) is 1.85. The first-order valence-corrected chi connectivity index (χ1v) is 7.48. The number of pyridine rings is 1. The molecule has 0 amide bonds. The smallest absolute Gasteiger partial charge is 0.145 e. The largest absolute Gasteiger partial charge is 0.490 e. The molecule has 22 heavy (non-hydrogen) atoms. The molecule has 0 aliphatic rings. The lowest BCUT2D eigenvalue weighted by molar-refractivity contribution is 0.218. The van der Waals surface area contributed by atoms with Gasteiger partial charge in [-0.25, -0.2) is 4.98 Å². The first kappa shape index (κ1) is 14.7. The van der Waals surface area contributed by atoms with Gasteiger partial charge in [0.25, 0.3) is 0 Å². The highest BCUT2D eigenvalue weighted by atomic mass is 35.5. The van der Waals surface area contributed by atoms with Crippen LogP contribution in [0.4, 0.5) is 0 Å². The quantitative estimate of drug-likeness (QED) is 0.642. The third kappa shape index (κ3) is 3.49. The molecule has 0 fully saturated rings. The topological polar surface area (TPSA) is 31.4 Å². The lowest BCUT2D eigenvalue weighted by Crippen LogP contribution is -2.09. The van der Waals surface area contributed by atoms with Gasteiger partial charge in [0.15, 0.2) is 0 Å². The number of para-hydroxylation sites is 1. The van der Waals surface area contributed by atoms with Crippen molar-refractivity contribution in [3.8, 4) is 11.5 Å². The summed E-state index contributed by atoms with van der Waals surface area (Å²) in [5.74, 6) is 1.51. The van der Waals surface area contributed by atoms with Crippen molar-refractivity contribution in [1.29, 1.82) is 0 Å². The molecular formula is C18H16ClNO2. The van der Waals surface area contributed by atoms with Crippen LogP contribution in [0.3, 0.4) is 0 Å². The van der Waals surface area contributed by atoms with Gasteiger partial charge in [0.05, 0.1) is 0 Å². The number of rotatable bonds is 5. The van der Waals surface area contributed by atoms with Crippen molar-refractivity contribution in [1.82, 2.24) is 4.98 Å². The second-order valence-corrected chi connectivity index (χ2v) is 5.37. The number of nitrogens with zero attached hydrogens (tertiary/aromatic N) is 1. The Morgan fingerprint density at radius 1 is 0.955 bits per heavy atom. The van der Waals surface area contributed by atoms with Gasteiger partial charge in [-0.15, -0.1) is 0 Å². The molecule has 3 rings (SSSR count). The van der Waals surface area contributed by atoms with Crippen LogP contribution in [-0.2, 0) is 0 Å². The molecule has 0 atom stereocenters. The normalized spacial score (nSPS) is 10.6. The van der Waals surface area contributed by atoms with Crippen molar-refractivity contribution in [3.05, 3.63) is 65.3 Å². The van der Waals surface area contributed by atoms with Crippen molar-refractivity contribution < 1.29 is 9.47 Å². The van der Waals surface area contributed by atoms with Crippen LogP contribution in [0.2, 0.25) is 5.02 Å². The van der Waals surface area contributed by atoms with Crippen molar-refractivity contribution in [2.45, 2.75) is 6.92 Å². The van der Waals surface area contributed by atoms with E-state index in [4.69, 9.17) is 21.1 Å². The van der Waals surface area contributed by atoms with E-state index in [0.29, 0.717) is 18.2 Å². The van der Waals surface area contributed by atoms with Gasteiger partial charge in [0, 0.05) is 16.1 Å². The van der Waals surface area contributed by atoms with Crippen LogP contribution in [0.15, 0.2) is 54.6 Å². The summed E-state index contributed by atoms with van der Waals surface area (Å²) in [5, 5.41) is 1.73. The zero-order valence-electron chi connectivity index (χ0n) is 12.3. The summed E-state index contributed by atoms with van der Waals surface area (Å²) >= 11 is 5.91. The number of hydrogen-bond acceptors (Lipinski definition) is 3. The number of benzene rings is 2. The Labute approximate surface area is 134 Å². The number of fused-ring (bicyclic) bond motifs is 1. The number of ether oxygens (including phenoxy) is 2. The Morgan fingerprint density at radius 3 is 2.64 bits per heavy atom. The molecule has 0 aliphatic carbocycles. The van der Waals surface area contributed by atoms with E-state index in [9.17, 15) is 0 Å². The summed E-state index contributed by atoms with van der Waals surface area (Å²) in [4.78, 5) is 4.54. The molecule has 0 saturated carbocycles. The van der Waals surface area contributed by atoms with Crippen LogP contribution in [0.1, 0.15) is 5.69 Å². The van der Waals surface area contributed by atoms with E-state index in [2.05, 4.69) is 4.98 Å².